The summed E-state index contributed by atoms with van der Waals surface area (Å²) in [7, 11) is 0. The SMILES string of the molecule is C[C@@H]1CN(CC(=O)N2CC(C)(C)c3[nH]c(=O)c(Cc4ccc(F)cc4)cc32)[C@@H](CN2CCOC(COc3ccc(C(=O)C(=O)c4ccc(OCC5CN(C[C@H]6CN[C@H](C)CN6CC(=O)N6CC(C)(C)c7[nH]c(=O)c(Cc8ccc(F)cc8)cc76)CCO5)cc4)cc3)C2)CN1. The van der Waals surface area contributed by atoms with Gasteiger partial charge in [-0.15, -0.1) is 0 Å². The Hall–Kier alpha value is -7.80. The first-order chi connectivity index (χ1) is 45.1. The number of rotatable bonds is 21. The van der Waals surface area contributed by atoms with Crippen molar-refractivity contribution in [2.45, 2.75) is 102 Å². The molecular weight excluding hydrogens is 1200 g/mol. The molecule has 6 atom stereocenters. The first-order valence-electron chi connectivity index (χ1n) is 32.9. The van der Waals surface area contributed by atoms with Gasteiger partial charge in [-0.05, 0) is 110 Å². The van der Waals surface area contributed by atoms with Gasteiger partial charge in [0.05, 0.1) is 37.7 Å². The van der Waals surface area contributed by atoms with Crippen LogP contribution in [0.25, 0.3) is 0 Å². The second kappa shape index (κ2) is 28.3. The first-order valence-corrected chi connectivity index (χ1v) is 32.9. The van der Waals surface area contributed by atoms with E-state index in [0.29, 0.717) is 126 Å². The Balaban J connectivity index is 0.587. The molecule has 0 radical (unpaired) electrons. The van der Waals surface area contributed by atoms with E-state index in [1.165, 1.54) is 24.3 Å². The molecule has 2 amide bonds. The lowest BCUT2D eigenvalue weighted by Gasteiger charge is -2.43. The summed E-state index contributed by atoms with van der Waals surface area (Å²) in [4.78, 5) is 101. The molecular formula is C72H86F2N10O10. The molecule has 4 aromatic carbocycles. The average Bonchev–Trinajstić information content (AvgIpc) is 1.61. The number of nitrogens with one attached hydrogen (secondary N) is 4. The van der Waals surface area contributed by atoms with Gasteiger partial charge in [0, 0.05) is 160 Å². The second-order valence-corrected chi connectivity index (χ2v) is 27.7. The number of halogens is 2. The van der Waals surface area contributed by atoms with E-state index in [9.17, 15) is 37.5 Å². The number of morpholine rings is 2. The normalized spacial score (nSPS) is 23.2. The van der Waals surface area contributed by atoms with Gasteiger partial charge in [-0.3, -0.25) is 48.4 Å². The molecule has 6 aliphatic rings. The predicted octanol–water partition coefficient (Wildman–Crippen LogP) is 5.72. The maximum Gasteiger partial charge on any atom is 0.251 e. The van der Waals surface area contributed by atoms with Crippen LogP contribution >= 0.6 is 0 Å². The predicted molar refractivity (Wildman–Crippen MR) is 354 cm³/mol. The molecule has 20 nitrogen and oxygen atoms in total. The summed E-state index contributed by atoms with van der Waals surface area (Å²) in [6.45, 7) is 22.1. The highest BCUT2D eigenvalue weighted by molar-refractivity contribution is 6.49. The fourth-order valence-electron chi connectivity index (χ4n) is 14.1. The molecule has 4 fully saturated rings. The van der Waals surface area contributed by atoms with Crippen molar-refractivity contribution in [3.05, 3.63) is 186 Å². The number of pyridine rings is 2. The molecule has 4 N–H and O–H groups in total. The molecule has 12 rings (SSSR count). The van der Waals surface area contributed by atoms with Crippen LogP contribution in [0, 0.1) is 11.6 Å². The molecule has 0 spiro atoms. The lowest BCUT2D eigenvalue weighted by atomic mass is 9.91. The summed E-state index contributed by atoms with van der Waals surface area (Å²) in [6.07, 6.45) is 0.155. The number of anilines is 2. The summed E-state index contributed by atoms with van der Waals surface area (Å²) in [5.74, 6) is -0.998. The van der Waals surface area contributed by atoms with Crippen molar-refractivity contribution in [1.82, 2.24) is 40.2 Å². The number of ketones is 2. The fourth-order valence-corrected chi connectivity index (χ4v) is 14.1. The highest BCUT2D eigenvalue weighted by Crippen LogP contribution is 2.41. The van der Waals surface area contributed by atoms with Gasteiger partial charge in [-0.1, -0.05) is 52.0 Å². The third kappa shape index (κ3) is 15.5. The van der Waals surface area contributed by atoms with Crippen molar-refractivity contribution in [1.29, 1.82) is 0 Å². The number of carbonyl (C=O) groups excluding carboxylic acids is 4. The number of aromatic amines is 2. The number of hydrogen-bond donors (Lipinski definition) is 4. The van der Waals surface area contributed by atoms with Crippen molar-refractivity contribution in [2.24, 2.45) is 0 Å². The number of piperazine rings is 2. The van der Waals surface area contributed by atoms with Crippen LogP contribution in [0.3, 0.4) is 0 Å². The van der Waals surface area contributed by atoms with E-state index in [1.807, 2.05) is 49.6 Å². The molecule has 0 aliphatic carbocycles. The molecule has 2 unspecified atom stereocenters. The van der Waals surface area contributed by atoms with E-state index in [-0.39, 0.29) is 108 Å². The van der Waals surface area contributed by atoms with E-state index in [0.717, 1.165) is 35.6 Å². The van der Waals surface area contributed by atoms with Crippen LogP contribution in [0.2, 0.25) is 0 Å². The number of carbonyl (C=O) groups is 4. The molecule has 2 aromatic heterocycles. The minimum Gasteiger partial charge on any atom is -0.491 e. The third-order valence-electron chi connectivity index (χ3n) is 19.3. The Morgan fingerprint density at radius 3 is 1.31 bits per heavy atom. The quantitative estimate of drug-likeness (QED) is 0.0501. The van der Waals surface area contributed by atoms with Gasteiger partial charge in [0.1, 0.15) is 48.6 Å². The molecule has 0 bridgehead atoms. The maximum absolute atomic E-state index is 14.4. The highest BCUT2D eigenvalue weighted by Gasteiger charge is 2.43. The number of fused-ring (bicyclic) bond motifs is 2. The maximum atomic E-state index is 14.4. The van der Waals surface area contributed by atoms with Crippen LogP contribution in [0.4, 0.5) is 20.2 Å². The summed E-state index contributed by atoms with van der Waals surface area (Å²) >= 11 is 0. The van der Waals surface area contributed by atoms with Gasteiger partial charge in [0.15, 0.2) is 0 Å². The van der Waals surface area contributed by atoms with Gasteiger partial charge in [0.2, 0.25) is 23.4 Å². The van der Waals surface area contributed by atoms with Crippen LogP contribution in [-0.4, -0.2) is 207 Å². The number of Topliss-reactive ketones (excluding diaryl/α,β-unsaturated/α-hetero) is 2. The largest absolute Gasteiger partial charge is 0.491 e. The summed E-state index contributed by atoms with van der Waals surface area (Å²) in [6, 6.07) is 29.4. The van der Waals surface area contributed by atoms with Gasteiger partial charge < -0.3 is 49.3 Å². The van der Waals surface area contributed by atoms with E-state index < -0.39 is 22.4 Å². The number of benzene rings is 4. The Kier molecular flexibility index (Phi) is 19.9. The van der Waals surface area contributed by atoms with Crippen molar-refractivity contribution < 1.29 is 46.9 Å². The monoisotopic (exact) mass is 1290 g/mol. The Labute approximate surface area is 546 Å². The van der Waals surface area contributed by atoms with Crippen LogP contribution in [0.5, 0.6) is 11.5 Å². The molecule has 8 heterocycles. The third-order valence-corrected chi connectivity index (χ3v) is 19.3. The van der Waals surface area contributed by atoms with Gasteiger partial charge in [0.25, 0.3) is 11.1 Å². The summed E-state index contributed by atoms with van der Waals surface area (Å²) in [5, 5.41) is 7.22. The number of hydrogen-bond acceptors (Lipinski definition) is 16. The van der Waals surface area contributed by atoms with Crippen LogP contribution in [0.15, 0.2) is 119 Å². The zero-order valence-corrected chi connectivity index (χ0v) is 54.5. The zero-order valence-electron chi connectivity index (χ0n) is 54.5. The lowest BCUT2D eigenvalue weighted by Crippen LogP contribution is -2.61. The second-order valence-electron chi connectivity index (χ2n) is 27.7. The van der Waals surface area contributed by atoms with Gasteiger partial charge in [-0.25, -0.2) is 8.78 Å². The van der Waals surface area contributed by atoms with Crippen molar-refractivity contribution in [3.8, 4) is 11.5 Å². The number of amides is 2. The standard InChI is InChI=1S/C72H86F2N10O10/c1-45-33-81(39-63(85)83-43-71(3,4)67-61(83)29-51(69(89)77-67)27-47-7-15-53(73)16-8-47)55(31-75-45)35-79-23-25-91-59(37-79)41-93-57-19-11-49(12-20-57)65(87)66(88)50-13-21-58(22-14-50)94-42-60-38-80(24-26-92-60)36-56-32-76-46(2)34-82(56)40-64(86)84-44-72(5,6)68-62(84)30-52(70(90)78-68)28-48-9-17-54(74)18-10-48/h7-22,29-30,45-46,55-56,59-60,75-76H,23-28,31-44H2,1-6H3,(H,77,89)(H,78,90)/t45-,46-,55-,56-,59?,60?/m1/s1. The van der Waals surface area contributed by atoms with Crippen LogP contribution < -0.4 is 41.0 Å². The smallest absolute Gasteiger partial charge is 0.251 e. The van der Waals surface area contributed by atoms with Gasteiger partial charge >= 0.3 is 0 Å². The summed E-state index contributed by atoms with van der Waals surface area (Å²) < 4.78 is 52.0. The molecule has 0 saturated carbocycles. The van der Waals surface area contributed by atoms with Crippen LogP contribution in [-0.2, 0) is 42.7 Å². The molecule has 6 aromatic rings. The molecule has 4 saturated heterocycles. The molecule has 94 heavy (non-hydrogen) atoms. The van der Waals surface area contributed by atoms with E-state index in [4.69, 9.17) is 18.9 Å². The van der Waals surface area contributed by atoms with Crippen molar-refractivity contribution in [2.75, 3.05) is 128 Å². The number of ether oxygens (including phenoxy) is 4. The minimum atomic E-state index is -0.649. The van der Waals surface area contributed by atoms with Gasteiger partial charge in [-0.2, -0.15) is 0 Å². The van der Waals surface area contributed by atoms with Crippen LogP contribution in [0.1, 0.15) is 95.9 Å². The number of aromatic nitrogens is 2. The zero-order chi connectivity index (χ0) is 66.0. The average molecular weight is 1290 g/mol. The Bertz CT molecular complexity index is 3600. The molecule has 498 valence electrons. The van der Waals surface area contributed by atoms with E-state index in [1.54, 1.807) is 72.8 Å². The minimum absolute atomic E-state index is 0.0387. The summed E-state index contributed by atoms with van der Waals surface area (Å²) in [5.41, 5.74) is 4.63. The van der Waals surface area contributed by atoms with E-state index in [2.05, 4.69) is 54.0 Å². The topological polar surface area (TPSA) is 214 Å². The lowest BCUT2D eigenvalue weighted by molar-refractivity contribution is -0.121. The first kappa shape index (κ1) is 66.2. The Morgan fingerprint density at radius 1 is 0.543 bits per heavy atom. The van der Waals surface area contributed by atoms with Crippen molar-refractivity contribution in [3.63, 3.8) is 0 Å². The fraction of sp³-hybridized carbons (Fsp3) is 0.472. The van der Waals surface area contributed by atoms with E-state index >= 15 is 0 Å². The number of H-pyrrole nitrogens is 2. The number of nitrogens with zero attached hydrogens (tertiary/aromatic N) is 6. The highest BCUT2D eigenvalue weighted by atomic mass is 19.1. The molecule has 6 aliphatic heterocycles. The Morgan fingerprint density at radius 2 is 0.926 bits per heavy atom. The van der Waals surface area contributed by atoms with Crippen molar-refractivity contribution >= 4 is 34.8 Å². The molecule has 22 heteroatoms.